The van der Waals surface area contributed by atoms with E-state index in [0.717, 1.165) is 49.5 Å². The van der Waals surface area contributed by atoms with Crippen molar-refractivity contribution in [3.8, 4) is 0 Å². The molecule has 1 amide bonds. The average Bonchev–Trinajstić information content (AvgIpc) is 2.49. The van der Waals surface area contributed by atoms with Crippen LogP contribution in [0.2, 0.25) is 0 Å². The zero-order valence-electron chi connectivity index (χ0n) is 10.0. The van der Waals surface area contributed by atoms with Crippen LogP contribution in [0.1, 0.15) is 24.1 Å². The van der Waals surface area contributed by atoms with Crippen molar-refractivity contribution in [2.45, 2.75) is 25.7 Å². The SMILES string of the molecule is CSCCc1nn(C(N)=O)c2c1CCCCN2. The van der Waals surface area contributed by atoms with E-state index in [1.165, 1.54) is 10.2 Å². The molecule has 17 heavy (non-hydrogen) atoms. The van der Waals surface area contributed by atoms with Crippen LogP contribution in [0.3, 0.4) is 0 Å². The highest BCUT2D eigenvalue weighted by molar-refractivity contribution is 7.98. The lowest BCUT2D eigenvalue weighted by molar-refractivity contribution is 0.248. The number of fused-ring (bicyclic) bond motifs is 1. The first-order valence-corrected chi connectivity index (χ1v) is 7.27. The van der Waals surface area contributed by atoms with Crippen LogP contribution < -0.4 is 11.1 Å². The van der Waals surface area contributed by atoms with Gasteiger partial charge in [0, 0.05) is 18.5 Å². The molecule has 0 aliphatic carbocycles. The summed E-state index contributed by atoms with van der Waals surface area (Å²) in [6.07, 6.45) is 6.21. The molecule has 0 unspecified atom stereocenters. The molecule has 1 aliphatic heterocycles. The number of aryl methyl sites for hydroxylation is 1. The van der Waals surface area contributed by atoms with Crippen LogP contribution in [-0.4, -0.2) is 34.4 Å². The summed E-state index contributed by atoms with van der Waals surface area (Å²) in [5.41, 5.74) is 7.54. The van der Waals surface area contributed by atoms with Crippen molar-refractivity contribution in [3.05, 3.63) is 11.3 Å². The minimum Gasteiger partial charge on any atom is -0.370 e. The van der Waals surface area contributed by atoms with E-state index in [4.69, 9.17) is 5.73 Å². The lowest BCUT2D eigenvalue weighted by Crippen LogP contribution is -2.23. The Bertz CT molecular complexity index is 416. The first-order valence-electron chi connectivity index (χ1n) is 5.87. The van der Waals surface area contributed by atoms with Gasteiger partial charge in [0.2, 0.25) is 0 Å². The Hall–Kier alpha value is -1.17. The number of carbonyl (C=O) groups is 1. The molecular formula is C11H18N4OS. The zero-order valence-corrected chi connectivity index (χ0v) is 10.8. The third-order valence-electron chi connectivity index (χ3n) is 2.96. The van der Waals surface area contributed by atoms with E-state index in [0.29, 0.717) is 0 Å². The summed E-state index contributed by atoms with van der Waals surface area (Å²) in [6, 6.07) is -0.508. The molecule has 5 nitrogen and oxygen atoms in total. The number of thioether (sulfide) groups is 1. The van der Waals surface area contributed by atoms with Crippen LogP contribution in [0.4, 0.5) is 10.6 Å². The Morgan fingerprint density at radius 2 is 2.41 bits per heavy atom. The van der Waals surface area contributed by atoms with Gasteiger partial charge in [0.15, 0.2) is 0 Å². The van der Waals surface area contributed by atoms with Gasteiger partial charge >= 0.3 is 6.03 Å². The topological polar surface area (TPSA) is 72.9 Å². The number of amides is 1. The molecule has 0 saturated carbocycles. The van der Waals surface area contributed by atoms with Crippen LogP contribution >= 0.6 is 11.8 Å². The van der Waals surface area contributed by atoms with Crippen molar-refractivity contribution in [2.75, 3.05) is 23.9 Å². The molecule has 0 spiro atoms. The minimum absolute atomic E-state index is 0.508. The van der Waals surface area contributed by atoms with Gasteiger partial charge < -0.3 is 11.1 Å². The van der Waals surface area contributed by atoms with Crippen molar-refractivity contribution in [2.24, 2.45) is 5.73 Å². The number of rotatable bonds is 3. The summed E-state index contributed by atoms with van der Waals surface area (Å²) >= 11 is 1.78. The van der Waals surface area contributed by atoms with E-state index in [-0.39, 0.29) is 0 Å². The third kappa shape index (κ3) is 2.57. The highest BCUT2D eigenvalue weighted by atomic mass is 32.2. The highest BCUT2D eigenvalue weighted by Crippen LogP contribution is 2.25. The fraction of sp³-hybridized carbons (Fsp3) is 0.636. The fourth-order valence-corrected chi connectivity index (χ4v) is 2.53. The van der Waals surface area contributed by atoms with E-state index < -0.39 is 6.03 Å². The molecule has 6 heteroatoms. The number of hydrogen-bond donors (Lipinski definition) is 2. The van der Waals surface area contributed by atoms with Gasteiger partial charge in [-0.05, 0) is 31.3 Å². The van der Waals surface area contributed by atoms with Gasteiger partial charge in [0.05, 0.1) is 5.69 Å². The van der Waals surface area contributed by atoms with Crippen molar-refractivity contribution in [1.82, 2.24) is 9.78 Å². The summed E-state index contributed by atoms with van der Waals surface area (Å²) in [5.74, 6) is 1.83. The first-order chi connectivity index (χ1) is 8.24. The van der Waals surface area contributed by atoms with E-state index in [1.807, 2.05) is 0 Å². The standard InChI is InChI=1S/C11H18N4OS/c1-17-7-5-9-8-4-2-3-6-13-10(8)15(14-9)11(12)16/h13H,2-7H2,1H3,(H2,12,16). The van der Waals surface area contributed by atoms with Gasteiger partial charge in [-0.3, -0.25) is 0 Å². The Balaban J connectivity index is 2.35. The number of carbonyl (C=O) groups excluding carboxylic acids is 1. The molecule has 0 saturated heterocycles. The van der Waals surface area contributed by atoms with Crippen molar-refractivity contribution >= 4 is 23.6 Å². The largest absolute Gasteiger partial charge is 0.370 e. The molecule has 0 radical (unpaired) electrons. The maximum absolute atomic E-state index is 11.3. The maximum atomic E-state index is 11.3. The molecule has 2 heterocycles. The second-order valence-electron chi connectivity index (χ2n) is 4.15. The zero-order chi connectivity index (χ0) is 12.3. The summed E-state index contributed by atoms with van der Waals surface area (Å²) in [5, 5.41) is 7.60. The number of hydrogen-bond acceptors (Lipinski definition) is 4. The number of anilines is 1. The molecule has 0 aromatic carbocycles. The van der Waals surface area contributed by atoms with Gasteiger partial charge in [-0.2, -0.15) is 21.5 Å². The van der Waals surface area contributed by atoms with E-state index in [9.17, 15) is 4.79 Å². The average molecular weight is 254 g/mol. The Kier molecular flexibility index (Phi) is 3.93. The quantitative estimate of drug-likeness (QED) is 0.856. The normalized spacial score (nSPS) is 14.9. The highest BCUT2D eigenvalue weighted by Gasteiger charge is 2.21. The van der Waals surface area contributed by atoms with Crippen LogP contribution in [0.5, 0.6) is 0 Å². The van der Waals surface area contributed by atoms with Gasteiger partial charge in [-0.25, -0.2) is 4.79 Å². The summed E-state index contributed by atoms with van der Waals surface area (Å²) in [7, 11) is 0. The summed E-state index contributed by atoms with van der Waals surface area (Å²) < 4.78 is 1.32. The molecule has 1 aromatic heterocycles. The van der Waals surface area contributed by atoms with Crippen LogP contribution in [0.15, 0.2) is 0 Å². The molecule has 0 atom stereocenters. The second-order valence-corrected chi connectivity index (χ2v) is 5.14. The number of nitrogens with zero attached hydrogens (tertiary/aromatic N) is 2. The second kappa shape index (κ2) is 5.44. The molecule has 1 aliphatic rings. The van der Waals surface area contributed by atoms with Crippen LogP contribution in [0.25, 0.3) is 0 Å². The number of primary amides is 1. The lowest BCUT2D eigenvalue weighted by atomic mass is 10.1. The minimum atomic E-state index is -0.508. The van der Waals surface area contributed by atoms with Crippen molar-refractivity contribution in [1.29, 1.82) is 0 Å². The van der Waals surface area contributed by atoms with Gasteiger partial charge in [-0.1, -0.05) is 0 Å². The van der Waals surface area contributed by atoms with E-state index >= 15 is 0 Å². The predicted molar refractivity (Wildman–Crippen MR) is 70.7 cm³/mol. The van der Waals surface area contributed by atoms with Gasteiger partial charge in [0.25, 0.3) is 0 Å². The summed E-state index contributed by atoms with van der Waals surface area (Å²) in [4.78, 5) is 11.3. The maximum Gasteiger partial charge on any atom is 0.341 e. The molecule has 0 bridgehead atoms. The Morgan fingerprint density at radius 3 is 3.12 bits per heavy atom. The Morgan fingerprint density at radius 1 is 1.59 bits per heavy atom. The first kappa shape index (κ1) is 12.3. The molecule has 2 rings (SSSR count). The Labute approximate surface area is 105 Å². The van der Waals surface area contributed by atoms with Gasteiger partial charge in [0.1, 0.15) is 5.82 Å². The molecule has 0 fully saturated rings. The van der Waals surface area contributed by atoms with E-state index in [2.05, 4.69) is 16.7 Å². The fourth-order valence-electron chi connectivity index (χ4n) is 2.13. The smallest absolute Gasteiger partial charge is 0.341 e. The van der Waals surface area contributed by atoms with E-state index in [1.54, 1.807) is 11.8 Å². The van der Waals surface area contributed by atoms with Crippen LogP contribution in [-0.2, 0) is 12.8 Å². The van der Waals surface area contributed by atoms with Gasteiger partial charge in [-0.15, -0.1) is 0 Å². The van der Waals surface area contributed by atoms with Crippen molar-refractivity contribution < 1.29 is 4.79 Å². The molecule has 94 valence electrons. The number of nitrogens with two attached hydrogens (primary N) is 1. The van der Waals surface area contributed by atoms with Crippen LogP contribution in [0, 0.1) is 0 Å². The summed E-state index contributed by atoms with van der Waals surface area (Å²) in [6.45, 7) is 0.883. The molecule has 3 N–H and O–H groups in total. The third-order valence-corrected chi connectivity index (χ3v) is 3.58. The lowest BCUT2D eigenvalue weighted by Gasteiger charge is -2.04. The number of aromatic nitrogens is 2. The van der Waals surface area contributed by atoms with Crippen molar-refractivity contribution in [3.63, 3.8) is 0 Å². The monoisotopic (exact) mass is 254 g/mol. The predicted octanol–water partition coefficient (Wildman–Crippen LogP) is 1.46. The number of nitrogens with one attached hydrogen (secondary N) is 1. The molecular weight excluding hydrogens is 236 g/mol. The molecule has 1 aromatic rings.